The van der Waals surface area contributed by atoms with Crippen LogP contribution in [0.5, 0.6) is 5.75 Å². The van der Waals surface area contributed by atoms with Crippen molar-refractivity contribution in [3.8, 4) is 5.75 Å². The molecule has 0 bridgehead atoms. The van der Waals surface area contributed by atoms with Crippen LogP contribution in [0.4, 0.5) is 0 Å². The molecule has 3 rings (SSSR count). The average Bonchev–Trinajstić information content (AvgIpc) is 2.87. The number of nitrogens with two attached hydrogens (primary N) is 1. The highest BCUT2D eigenvalue weighted by molar-refractivity contribution is 5.50. The zero-order chi connectivity index (χ0) is 12.6. The van der Waals surface area contributed by atoms with Gasteiger partial charge in [0.2, 0.25) is 0 Å². The number of ether oxygens (including phenoxy) is 1. The van der Waals surface area contributed by atoms with Gasteiger partial charge in [-0.15, -0.1) is 0 Å². The number of fused-ring (bicyclic) bond motifs is 1. The van der Waals surface area contributed by atoms with Crippen molar-refractivity contribution < 1.29 is 9.84 Å². The normalized spacial score (nSPS) is 21.8. The van der Waals surface area contributed by atoms with Gasteiger partial charge in [0.05, 0.1) is 13.2 Å². The fraction of sp³-hybridized carbons (Fsp3) is 0.600. The Bertz CT molecular complexity index is 450. The first-order valence-electron chi connectivity index (χ1n) is 6.89. The van der Waals surface area contributed by atoms with Crippen LogP contribution in [0.2, 0.25) is 0 Å². The standard InChI is InChI=1S/C15H21NO2/c16-10-15(6-2-1-3-7-15)14-12-9-18-8-11(12)4-5-13(14)17/h4-5,17H,1-3,6-10,16H2. The van der Waals surface area contributed by atoms with E-state index in [2.05, 4.69) is 0 Å². The fourth-order valence-electron chi connectivity index (χ4n) is 3.62. The number of phenolic OH excluding ortho intramolecular Hbond substituents is 1. The fourth-order valence-corrected chi connectivity index (χ4v) is 3.62. The minimum absolute atomic E-state index is 0.0264. The first-order chi connectivity index (χ1) is 8.77. The Morgan fingerprint density at radius 3 is 2.67 bits per heavy atom. The van der Waals surface area contributed by atoms with Crippen molar-refractivity contribution in [3.05, 3.63) is 28.8 Å². The molecular formula is C15H21NO2. The number of rotatable bonds is 2. The van der Waals surface area contributed by atoms with Crippen LogP contribution >= 0.6 is 0 Å². The monoisotopic (exact) mass is 247 g/mol. The SMILES string of the molecule is NCC1(c2c(O)ccc3c2COC3)CCCCC1. The van der Waals surface area contributed by atoms with E-state index in [0.29, 0.717) is 25.5 Å². The van der Waals surface area contributed by atoms with Crippen LogP contribution in [-0.2, 0) is 23.4 Å². The molecule has 1 aliphatic heterocycles. The second kappa shape index (κ2) is 4.56. The van der Waals surface area contributed by atoms with E-state index in [9.17, 15) is 5.11 Å². The molecule has 3 nitrogen and oxygen atoms in total. The van der Waals surface area contributed by atoms with Crippen molar-refractivity contribution >= 4 is 0 Å². The number of phenols is 1. The Balaban J connectivity index is 2.12. The van der Waals surface area contributed by atoms with Crippen LogP contribution in [-0.4, -0.2) is 11.7 Å². The minimum atomic E-state index is -0.0264. The van der Waals surface area contributed by atoms with Gasteiger partial charge in [0.15, 0.2) is 0 Å². The largest absolute Gasteiger partial charge is 0.508 e. The van der Waals surface area contributed by atoms with Gasteiger partial charge >= 0.3 is 0 Å². The highest BCUT2D eigenvalue weighted by atomic mass is 16.5. The molecule has 1 aromatic carbocycles. The highest BCUT2D eigenvalue weighted by Crippen LogP contribution is 2.46. The average molecular weight is 247 g/mol. The predicted molar refractivity (Wildman–Crippen MR) is 70.4 cm³/mol. The molecule has 0 unspecified atom stereocenters. The number of hydrogen-bond donors (Lipinski definition) is 2. The maximum absolute atomic E-state index is 10.3. The molecule has 1 saturated carbocycles. The maximum Gasteiger partial charge on any atom is 0.119 e. The summed E-state index contributed by atoms with van der Waals surface area (Å²) in [4.78, 5) is 0. The Kier molecular flexibility index (Phi) is 3.04. The number of benzene rings is 1. The third-order valence-corrected chi connectivity index (χ3v) is 4.62. The van der Waals surface area contributed by atoms with Crippen LogP contribution in [0, 0.1) is 0 Å². The lowest BCUT2D eigenvalue weighted by molar-refractivity contribution is 0.133. The molecule has 1 aliphatic carbocycles. The molecule has 1 aromatic rings. The highest BCUT2D eigenvalue weighted by Gasteiger charge is 2.38. The Labute approximate surface area is 108 Å². The first-order valence-corrected chi connectivity index (χ1v) is 6.89. The van der Waals surface area contributed by atoms with Crippen molar-refractivity contribution in [2.45, 2.75) is 50.7 Å². The van der Waals surface area contributed by atoms with Crippen LogP contribution in [0.25, 0.3) is 0 Å². The van der Waals surface area contributed by atoms with Crippen LogP contribution in [0.1, 0.15) is 48.8 Å². The Hall–Kier alpha value is -1.06. The van der Waals surface area contributed by atoms with E-state index in [0.717, 1.165) is 18.4 Å². The van der Waals surface area contributed by atoms with Gasteiger partial charge < -0.3 is 15.6 Å². The molecule has 0 aromatic heterocycles. The summed E-state index contributed by atoms with van der Waals surface area (Å²) in [5.41, 5.74) is 9.56. The van der Waals surface area contributed by atoms with Gasteiger partial charge in [-0.2, -0.15) is 0 Å². The zero-order valence-electron chi connectivity index (χ0n) is 10.7. The van der Waals surface area contributed by atoms with Crippen LogP contribution < -0.4 is 5.73 Å². The van der Waals surface area contributed by atoms with Crippen molar-refractivity contribution in [3.63, 3.8) is 0 Å². The molecule has 0 spiro atoms. The van der Waals surface area contributed by atoms with Crippen molar-refractivity contribution in [1.82, 2.24) is 0 Å². The van der Waals surface area contributed by atoms with Gasteiger partial charge in [0.25, 0.3) is 0 Å². The van der Waals surface area contributed by atoms with Gasteiger partial charge in [-0.3, -0.25) is 0 Å². The number of aromatic hydroxyl groups is 1. The molecular weight excluding hydrogens is 226 g/mol. The summed E-state index contributed by atoms with van der Waals surface area (Å²) in [7, 11) is 0. The molecule has 0 radical (unpaired) electrons. The summed E-state index contributed by atoms with van der Waals surface area (Å²) in [6, 6.07) is 3.79. The topological polar surface area (TPSA) is 55.5 Å². The lowest BCUT2D eigenvalue weighted by atomic mass is 9.67. The van der Waals surface area contributed by atoms with Gasteiger partial charge in [-0.05, 0) is 30.0 Å². The van der Waals surface area contributed by atoms with Crippen molar-refractivity contribution in [1.29, 1.82) is 0 Å². The zero-order valence-corrected chi connectivity index (χ0v) is 10.7. The lowest BCUT2D eigenvalue weighted by Gasteiger charge is -2.38. The predicted octanol–water partition coefficient (Wildman–Crippen LogP) is 2.58. The molecule has 1 heterocycles. The quantitative estimate of drug-likeness (QED) is 0.844. The lowest BCUT2D eigenvalue weighted by Crippen LogP contribution is -2.38. The molecule has 1 fully saturated rings. The van der Waals surface area contributed by atoms with Crippen LogP contribution in [0.15, 0.2) is 12.1 Å². The molecule has 98 valence electrons. The van der Waals surface area contributed by atoms with E-state index in [4.69, 9.17) is 10.5 Å². The van der Waals surface area contributed by atoms with Gasteiger partial charge in [0, 0.05) is 17.5 Å². The second-order valence-corrected chi connectivity index (χ2v) is 5.64. The van der Waals surface area contributed by atoms with E-state index in [1.807, 2.05) is 12.1 Å². The molecule has 2 aliphatic rings. The van der Waals surface area contributed by atoms with Gasteiger partial charge in [-0.1, -0.05) is 25.3 Å². The first kappa shape index (κ1) is 12.0. The second-order valence-electron chi connectivity index (χ2n) is 5.64. The molecule has 3 N–H and O–H groups in total. The molecule has 3 heteroatoms. The summed E-state index contributed by atoms with van der Waals surface area (Å²) >= 11 is 0. The third-order valence-electron chi connectivity index (χ3n) is 4.62. The maximum atomic E-state index is 10.3. The molecule has 0 saturated heterocycles. The molecule has 0 amide bonds. The third kappa shape index (κ3) is 1.73. The van der Waals surface area contributed by atoms with E-state index in [-0.39, 0.29) is 5.41 Å². The van der Waals surface area contributed by atoms with Crippen LogP contribution in [0.3, 0.4) is 0 Å². The summed E-state index contributed by atoms with van der Waals surface area (Å²) in [6.07, 6.45) is 5.89. The van der Waals surface area contributed by atoms with Gasteiger partial charge in [0.1, 0.15) is 5.75 Å². The smallest absolute Gasteiger partial charge is 0.119 e. The van der Waals surface area contributed by atoms with E-state index in [1.54, 1.807) is 0 Å². The Morgan fingerprint density at radius 1 is 1.17 bits per heavy atom. The van der Waals surface area contributed by atoms with Crippen molar-refractivity contribution in [2.24, 2.45) is 5.73 Å². The molecule has 0 atom stereocenters. The van der Waals surface area contributed by atoms with Gasteiger partial charge in [-0.25, -0.2) is 0 Å². The summed E-state index contributed by atoms with van der Waals surface area (Å²) in [6.45, 7) is 1.92. The van der Waals surface area contributed by atoms with E-state index >= 15 is 0 Å². The van der Waals surface area contributed by atoms with E-state index < -0.39 is 0 Å². The summed E-state index contributed by atoms with van der Waals surface area (Å²) in [5, 5.41) is 10.3. The molecule has 18 heavy (non-hydrogen) atoms. The Morgan fingerprint density at radius 2 is 1.94 bits per heavy atom. The van der Waals surface area contributed by atoms with Crippen molar-refractivity contribution in [2.75, 3.05) is 6.54 Å². The minimum Gasteiger partial charge on any atom is -0.508 e. The summed E-state index contributed by atoms with van der Waals surface area (Å²) < 4.78 is 5.54. The number of hydrogen-bond acceptors (Lipinski definition) is 3. The van der Waals surface area contributed by atoms with E-state index in [1.165, 1.54) is 30.4 Å². The summed E-state index contributed by atoms with van der Waals surface area (Å²) in [5.74, 6) is 0.409.